The zero-order valence-electron chi connectivity index (χ0n) is 14.7. The van der Waals surface area contributed by atoms with E-state index in [9.17, 15) is 4.79 Å². The normalized spacial score (nSPS) is 17.4. The number of benzene rings is 1. The van der Waals surface area contributed by atoms with Crippen LogP contribution < -0.4 is 15.1 Å². The van der Waals surface area contributed by atoms with Crippen LogP contribution in [-0.4, -0.2) is 58.9 Å². The minimum atomic E-state index is -3.92. The Bertz CT molecular complexity index is 621. The van der Waals surface area contributed by atoms with Crippen molar-refractivity contribution in [1.82, 2.24) is 0 Å². The zero-order chi connectivity index (χ0) is 18.3. The Hall–Kier alpha value is -1.64. The molecule has 0 spiro atoms. The average Bonchev–Trinajstić information content (AvgIpc) is 2.84. The van der Waals surface area contributed by atoms with Gasteiger partial charge in [-0.2, -0.15) is 0 Å². The van der Waals surface area contributed by atoms with Crippen LogP contribution in [-0.2, 0) is 14.9 Å². The molecule has 1 aromatic rings. The van der Waals surface area contributed by atoms with E-state index in [1.54, 1.807) is 0 Å². The van der Waals surface area contributed by atoms with Crippen molar-refractivity contribution in [3.8, 4) is 0 Å². The van der Waals surface area contributed by atoms with Crippen LogP contribution in [0.15, 0.2) is 24.3 Å². The highest BCUT2D eigenvalue weighted by molar-refractivity contribution is 7.84. The Morgan fingerprint density at radius 2 is 1.88 bits per heavy atom. The van der Waals surface area contributed by atoms with Crippen molar-refractivity contribution in [3.63, 3.8) is 0 Å². The number of anilines is 2. The van der Waals surface area contributed by atoms with Gasteiger partial charge in [0.25, 0.3) is 0 Å². The van der Waals surface area contributed by atoms with Gasteiger partial charge in [0, 0.05) is 43.6 Å². The van der Waals surface area contributed by atoms with Crippen molar-refractivity contribution in [1.29, 1.82) is 0 Å². The number of nitrogens with one attached hydrogen (secondary N) is 2. The van der Waals surface area contributed by atoms with Gasteiger partial charge < -0.3 is 19.7 Å². The number of rotatable bonds is 4. The van der Waals surface area contributed by atoms with Crippen LogP contribution in [0.2, 0.25) is 0 Å². The molecule has 0 saturated carbocycles. The molecule has 1 unspecified atom stereocenters. The minimum Gasteiger partial charge on any atom is -0.748 e. The molecule has 2 N–H and O–H groups in total. The smallest absolute Gasteiger partial charge is 0.221 e. The average molecular weight is 357 g/mol. The van der Waals surface area contributed by atoms with Gasteiger partial charge in [0.15, 0.2) is 0 Å². The number of amides is 1. The predicted molar refractivity (Wildman–Crippen MR) is 94.4 cm³/mol. The fourth-order valence-corrected chi connectivity index (χ4v) is 2.77. The van der Waals surface area contributed by atoms with Gasteiger partial charge in [-0.3, -0.25) is 4.79 Å². The molecule has 0 aliphatic carbocycles. The van der Waals surface area contributed by atoms with Crippen molar-refractivity contribution in [3.05, 3.63) is 24.3 Å². The number of nitrogens with zero attached hydrogens (tertiary/aromatic N) is 1. The third-order valence-corrected chi connectivity index (χ3v) is 3.54. The largest absolute Gasteiger partial charge is 0.748 e. The number of carbonyl (C=O) groups excluding carboxylic acids is 1. The van der Waals surface area contributed by atoms with E-state index < -0.39 is 10.1 Å². The molecule has 1 aromatic carbocycles. The van der Waals surface area contributed by atoms with Gasteiger partial charge in [-0.05, 0) is 30.7 Å². The van der Waals surface area contributed by atoms with Gasteiger partial charge >= 0.3 is 0 Å². The zero-order valence-corrected chi connectivity index (χ0v) is 15.5. The quantitative estimate of drug-likeness (QED) is 0.727. The Morgan fingerprint density at radius 3 is 2.33 bits per heavy atom. The Morgan fingerprint density at radius 1 is 1.33 bits per heavy atom. The molecule has 1 fully saturated rings. The molecular formula is C16H27N3O4S. The van der Waals surface area contributed by atoms with Gasteiger partial charge in [-0.1, -0.05) is 0 Å². The molecule has 1 aliphatic rings. The SMILES string of the molecule is CC(=O)Nc1ccc(N2CCC(C[NH+](C)C)C2)cc1.CS(=O)(=O)[O-]. The molecule has 0 radical (unpaired) electrons. The lowest BCUT2D eigenvalue weighted by Crippen LogP contribution is -3.06. The maximum absolute atomic E-state index is 11.0. The van der Waals surface area contributed by atoms with Gasteiger partial charge in [0.05, 0.1) is 30.8 Å². The van der Waals surface area contributed by atoms with Crippen LogP contribution in [0, 0.1) is 5.92 Å². The first-order valence-corrected chi connectivity index (χ1v) is 9.68. The lowest BCUT2D eigenvalue weighted by atomic mass is 10.1. The summed E-state index contributed by atoms with van der Waals surface area (Å²) in [5, 5.41) is 2.80. The molecule has 2 rings (SSSR count). The van der Waals surface area contributed by atoms with E-state index in [0.29, 0.717) is 6.26 Å². The van der Waals surface area contributed by atoms with Gasteiger partial charge in [-0.25, -0.2) is 8.42 Å². The number of carbonyl (C=O) groups is 1. The van der Waals surface area contributed by atoms with Crippen LogP contribution in [0.3, 0.4) is 0 Å². The fourth-order valence-electron chi connectivity index (χ4n) is 2.77. The molecule has 1 atom stereocenters. The van der Waals surface area contributed by atoms with Gasteiger partial charge in [0.1, 0.15) is 0 Å². The van der Waals surface area contributed by atoms with Crippen molar-refractivity contribution >= 4 is 27.4 Å². The van der Waals surface area contributed by atoms with Crippen molar-refractivity contribution in [2.24, 2.45) is 5.92 Å². The maximum Gasteiger partial charge on any atom is 0.221 e. The van der Waals surface area contributed by atoms with Crippen LogP contribution in [0.25, 0.3) is 0 Å². The summed E-state index contributed by atoms with van der Waals surface area (Å²) in [6.45, 7) is 5.05. The highest BCUT2D eigenvalue weighted by Gasteiger charge is 2.24. The second-order valence-electron chi connectivity index (χ2n) is 6.44. The summed E-state index contributed by atoms with van der Waals surface area (Å²) in [6, 6.07) is 8.13. The Balaban J connectivity index is 0.000000505. The second-order valence-corrected chi connectivity index (χ2v) is 7.85. The molecule has 7 nitrogen and oxygen atoms in total. The minimum absolute atomic E-state index is 0.0251. The van der Waals surface area contributed by atoms with E-state index in [2.05, 4.69) is 36.4 Å². The number of quaternary nitrogens is 1. The molecule has 8 heteroatoms. The Labute approximate surface area is 144 Å². The summed E-state index contributed by atoms with van der Waals surface area (Å²) in [4.78, 5) is 14.9. The maximum atomic E-state index is 11.0. The second kappa shape index (κ2) is 9.00. The first kappa shape index (κ1) is 20.4. The lowest BCUT2D eigenvalue weighted by molar-refractivity contribution is -0.861. The molecule has 24 heavy (non-hydrogen) atoms. The van der Waals surface area contributed by atoms with Crippen molar-refractivity contribution < 1.29 is 22.7 Å². The van der Waals surface area contributed by atoms with E-state index in [1.807, 2.05) is 12.1 Å². The molecule has 0 aromatic heterocycles. The number of hydrogen-bond donors (Lipinski definition) is 2. The van der Waals surface area contributed by atoms with Gasteiger partial charge in [0.2, 0.25) is 5.91 Å². The standard InChI is InChI=1S/C15H23N3O.CH4O3S/c1-12(19)16-14-4-6-15(7-5-14)18-9-8-13(11-18)10-17(2)3;1-5(2,3)4/h4-7,13H,8-11H2,1-3H3,(H,16,19);1H3,(H,2,3,4). The van der Waals surface area contributed by atoms with E-state index >= 15 is 0 Å². The molecular weight excluding hydrogens is 330 g/mol. The fraction of sp³-hybridized carbons (Fsp3) is 0.562. The molecule has 1 amide bonds. The van der Waals surface area contributed by atoms with E-state index in [1.165, 1.54) is 30.5 Å². The molecule has 0 bridgehead atoms. The number of hydrogen-bond acceptors (Lipinski definition) is 5. The third-order valence-electron chi connectivity index (χ3n) is 3.54. The molecule has 1 heterocycles. The van der Waals surface area contributed by atoms with Crippen molar-refractivity contribution in [2.45, 2.75) is 13.3 Å². The van der Waals surface area contributed by atoms with E-state index in [-0.39, 0.29) is 5.91 Å². The molecule has 1 saturated heterocycles. The van der Waals surface area contributed by atoms with E-state index in [0.717, 1.165) is 24.7 Å². The first-order chi connectivity index (χ1) is 11.0. The molecule has 136 valence electrons. The molecule has 1 aliphatic heterocycles. The van der Waals surface area contributed by atoms with Gasteiger partial charge in [-0.15, -0.1) is 0 Å². The summed E-state index contributed by atoms with van der Waals surface area (Å²) >= 11 is 0. The van der Waals surface area contributed by atoms with Crippen LogP contribution in [0.5, 0.6) is 0 Å². The summed E-state index contributed by atoms with van der Waals surface area (Å²) in [7, 11) is 0.510. The third kappa shape index (κ3) is 8.85. The van der Waals surface area contributed by atoms with Crippen LogP contribution in [0.4, 0.5) is 11.4 Å². The van der Waals surface area contributed by atoms with Crippen LogP contribution >= 0.6 is 0 Å². The van der Waals surface area contributed by atoms with Crippen LogP contribution in [0.1, 0.15) is 13.3 Å². The Kier molecular flexibility index (Phi) is 7.65. The van der Waals surface area contributed by atoms with E-state index in [4.69, 9.17) is 13.0 Å². The summed E-state index contributed by atoms with van der Waals surface area (Å²) in [5.41, 5.74) is 2.12. The van der Waals surface area contributed by atoms with Crippen molar-refractivity contribution in [2.75, 3.05) is 50.2 Å². The predicted octanol–water partition coefficient (Wildman–Crippen LogP) is -0.223. The summed E-state index contributed by atoms with van der Waals surface area (Å²) in [6.07, 6.45) is 1.88. The summed E-state index contributed by atoms with van der Waals surface area (Å²) in [5.74, 6) is 0.767. The monoisotopic (exact) mass is 357 g/mol. The highest BCUT2D eigenvalue weighted by Crippen LogP contribution is 2.24. The first-order valence-electron chi connectivity index (χ1n) is 7.87. The summed E-state index contributed by atoms with van der Waals surface area (Å²) < 4.78 is 27.2. The topological polar surface area (TPSA) is 94.0 Å². The highest BCUT2D eigenvalue weighted by atomic mass is 32.2. The lowest BCUT2D eigenvalue weighted by Gasteiger charge is -2.19.